The second kappa shape index (κ2) is 7.12. The van der Waals surface area contributed by atoms with Crippen LogP contribution in [0.3, 0.4) is 0 Å². The Kier molecular flexibility index (Phi) is 5.21. The summed E-state index contributed by atoms with van der Waals surface area (Å²) in [5, 5.41) is 8.17. The molecule has 7 nitrogen and oxygen atoms in total. The molecule has 7 heteroatoms. The van der Waals surface area contributed by atoms with Gasteiger partial charge in [-0.1, -0.05) is 13.8 Å². The molecule has 1 saturated heterocycles. The van der Waals surface area contributed by atoms with Gasteiger partial charge in [0.15, 0.2) is 5.82 Å². The highest BCUT2D eigenvalue weighted by molar-refractivity contribution is 5.89. The molecule has 0 aromatic carbocycles. The van der Waals surface area contributed by atoms with E-state index in [9.17, 15) is 4.79 Å². The number of hydrogen-bond acceptors (Lipinski definition) is 6. The van der Waals surface area contributed by atoms with Crippen LogP contribution < -0.4 is 10.6 Å². The van der Waals surface area contributed by atoms with Gasteiger partial charge in [-0.3, -0.25) is 4.79 Å². The number of ether oxygens (including phenoxy) is 1. The summed E-state index contributed by atoms with van der Waals surface area (Å²) in [6, 6.07) is 3.98. The van der Waals surface area contributed by atoms with Gasteiger partial charge in [0.05, 0.1) is 6.10 Å². The molecule has 2 heterocycles. The Labute approximate surface area is 155 Å². The Bertz CT molecular complexity index is 638. The molecular weight excluding hydrogens is 330 g/mol. The third-order valence-corrected chi connectivity index (χ3v) is 6.36. The number of carbonyl (C=O) groups excluding carboxylic acids is 1. The normalized spacial score (nSPS) is 30.6. The third kappa shape index (κ3) is 3.07. The SMILES string of the molecule is CCOC1CC(N)(C(=O)N(C)C2CCCN(c3cccnn3)C2)C1(C)C. The predicted molar refractivity (Wildman–Crippen MR) is 101 cm³/mol. The van der Waals surface area contributed by atoms with E-state index in [0.717, 1.165) is 31.7 Å². The van der Waals surface area contributed by atoms with Crippen molar-refractivity contribution in [2.45, 2.75) is 57.7 Å². The lowest BCUT2D eigenvalue weighted by molar-refractivity contribution is -0.180. The maximum absolute atomic E-state index is 13.3. The second-order valence-electron chi connectivity index (χ2n) is 8.08. The Hall–Kier alpha value is -1.73. The van der Waals surface area contributed by atoms with Crippen LogP contribution in [0.2, 0.25) is 0 Å². The molecule has 1 aromatic rings. The lowest BCUT2D eigenvalue weighted by Crippen LogP contribution is -2.76. The van der Waals surface area contributed by atoms with E-state index in [2.05, 4.69) is 15.1 Å². The molecule has 1 amide bonds. The minimum absolute atomic E-state index is 0.0180. The first-order chi connectivity index (χ1) is 12.3. The van der Waals surface area contributed by atoms with Gasteiger partial charge in [-0.2, -0.15) is 5.10 Å². The molecule has 1 saturated carbocycles. The summed E-state index contributed by atoms with van der Waals surface area (Å²) in [5.74, 6) is 0.880. The molecule has 0 spiro atoms. The summed E-state index contributed by atoms with van der Waals surface area (Å²) >= 11 is 0. The summed E-state index contributed by atoms with van der Waals surface area (Å²) in [5.41, 5.74) is 5.36. The number of amides is 1. The summed E-state index contributed by atoms with van der Waals surface area (Å²) < 4.78 is 5.76. The first-order valence-corrected chi connectivity index (χ1v) is 9.51. The molecule has 1 aliphatic carbocycles. The van der Waals surface area contributed by atoms with Crippen molar-refractivity contribution in [3.8, 4) is 0 Å². The lowest BCUT2D eigenvalue weighted by Gasteiger charge is -2.59. The van der Waals surface area contributed by atoms with Crippen molar-refractivity contribution in [1.29, 1.82) is 0 Å². The van der Waals surface area contributed by atoms with Crippen molar-refractivity contribution < 1.29 is 9.53 Å². The molecule has 2 fully saturated rings. The van der Waals surface area contributed by atoms with Gasteiger partial charge in [0.1, 0.15) is 5.54 Å². The molecule has 3 rings (SSSR count). The van der Waals surface area contributed by atoms with E-state index >= 15 is 0 Å². The quantitative estimate of drug-likeness (QED) is 0.854. The molecule has 26 heavy (non-hydrogen) atoms. The minimum Gasteiger partial charge on any atom is -0.378 e. The number of aromatic nitrogens is 2. The van der Waals surface area contributed by atoms with Crippen LogP contribution in [0.15, 0.2) is 18.3 Å². The third-order valence-electron chi connectivity index (χ3n) is 6.36. The Morgan fingerprint density at radius 1 is 1.50 bits per heavy atom. The molecule has 1 aliphatic heterocycles. The average Bonchev–Trinajstić information content (AvgIpc) is 2.67. The van der Waals surface area contributed by atoms with Gasteiger partial charge in [0.25, 0.3) is 0 Å². The van der Waals surface area contributed by atoms with Gasteiger partial charge in [0.2, 0.25) is 5.91 Å². The van der Waals surface area contributed by atoms with Crippen LogP contribution in [0.4, 0.5) is 5.82 Å². The Balaban J connectivity index is 1.69. The average molecular weight is 361 g/mol. The number of carbonyl (C=O) groups is 1. The van der Waals surface area contributed by atoms with Crippen molar-refractivity contribution >= 4 is 11.7 Å². The molecule has 144 valence electrons. The number of rotatable bonds is 5. The molecule has 2 N–H and O–H groups in total. The smallest absolute Gasteiger partial charge is 0.243 e. The molecule has 1 aromatic heterocycles. The molecular formula is C19H31N5O2. The van der Waals surface area contributed by atoms with Gasteiger partial charge in [-0.05, 0) is 31.9 Å². The molecule has 0 bridgehead atoms. The van der Waals surface area contributed by atoms with Gasteiger partial charge >= 0.3 is 0 Å². The summed E-state index contributed by atoms with van der Waals surface area (Å²) in [6.45, 7) is 8.38. The Morgan fingerprint density at radius 3 is 2.88 bits per heavy atom. The van der Waals surface area contributed by atoms with Crippen LogP contribution in [-0.4, -0.2) is 65.4 Å². The zero-order chi connectivity index (χ0) is 18.9. The van der Waals surface area contributed by atoms with Crippen LogP contribution >= 0.6 is 0 Å². The van der Waals surface area contributed by atoms with Crippen molar-refractivity contribution in [3.63, 3.8) is 0 Å². The fraction of sp³-hybridized carbons (Fsp3) is 0.737. The van der Waals surface area contributed by atoms with Crippen LogP contribution in [-0.2, 0) is 9.53 Å². The van der Waals surface area contributed by atoms with Crippen molar-refractivity contribution in [2.75, 3.05) is 31.6 Å². The number of nitrogens with zero attached hydrogens (tertiary/aromatic N) is 4. The van der Waals surface area contributed by atoms with E-state index < -0.39 is 5.54 Å². The number of piperidine rings is 1. The maximum atomic E-state index is 13.3. The van der Waals surface area contributed by atoms with E-state index in [4.69, 9.17) is 10.5 Å². The zero-order valence-corrected chi connectivity index (χ0v) is 16.3. The summed E-state index contributed by atoms with van der Waals surface area (Å²) in [4.78, 5) is 17.3. The van der Waals surface area contributed by atoms with Gasteiger partial charge in [0, 0.05) is 50.8 Å². The number of nitrogens with two attached hydrogens (primary N) is 1. The fourth-order valence-electron chi connectivity index (χ4n) is 4.22. The number of likely N-dealkylation sites (N-methyl/N-ethyl adjacent to an activating group) is 1. The zero-order valence-electron chi connectivity index (χ0n) is 16.3. The van der Waals surface area contributed by atoms with E-state index in [-0.39, 0.29) is 23.5 Å². The molecule has 2 aliphatic rings. The van der Waals surface area contributed by atoms with E-state index in [1.165, 1.54) is 0 Å². The summed E-state index contributed by atoms with van der Waals surface area (Å²) in [6.07, 6.45) is 4.28. The number of anilines is 1. The summed E-state index contributed by atoms with van der Waals surface area (Å²) in [7, 11) is 1.88. The fourth-order valence-corrected chi connectivity index (χ4v) is 4.22. The van der Waals surface area contributed by atoms with Crippen molar-refractivity contribution in [2.24, 2.45) is 11.1 Å². The first kappa shape index (κ1) is 19.0. The maximum Gasteiger partial charge on any atom is 0.243 e. The van der Waals surface area contributed by atoms with Crippen LogP contribution in [0.5, 0.6) is 0 Å². The van der Waals surface area contributed by atoms with E-state index in [0.29, 0.717) is 13.0 Å². The highest BCUT2D eigenvalue weighted by Gasteiger charge is 2.63. The van der Waals surface area contributed by atoms with E-state index in [1.807, 2.05) is 44.9 Å². The van der Waals surface area contributed by atoms with Gasteiger partial charge < -0.3 is 20.3 Å². The largest absolute Gasteiger partial charge is 0.378 e. The first-order valence-electron chi connectivity index (χ1n) is 9.51. The Morgan fingerprint density at radius 2 is 2.27 bits per heavy atom. The molecule has 0 radical (unpaired) electrons. The van der Waals surface area contributed by atoms with Gasteiger partial charge in [-0.15, -0.1) is 5.10 Å². The molecule has 3 atom stereocenters. The van der Waals surface area contributed by atoms with Crippen LogP contribution in [0.1, 0.15) is 40.0 Å². The van der Waals surface area contributed by atoms with E-state index in [1.54, 1.807) is 6.20 Å². The van der Waals surface area contributed by atoms with Crippen LogP contribution in [0, 0.1) is 5.41 Å². The topological polar surface area (TPSA) is 84.6 Å². The van der Waals surface area contributed by atoms with Crippen molar-refractivity contribution in [3.05, 3.63) is 18.3 Å². The monoisotopic (exact) mass is 361 g/mol. The standard InChI is InChI=1S/C19H31N5O2/c1-5-26-15-12-19(20,18(15,2)3)17(25)23(4)14-8-7-11-24(13-14)16-9-6-10-21-22-16/h6,9-10,14-15H,5,7-8,11-13,20H2,1-4H3. The lowest BCUT2D eigenvalue weighted by atomic mass is 9.54. The molecule has 3 unspecified atom stereocenters. The number of hydrogen-bond donors (Lipinski definition) is 1. The highest BCUT2D eigenvalue weighted by Crippen LogP contribution is 2.50. The van der Waals surface area contributed by atoms with Crippen molar-refractivity contribution in [1.82, 2.24) is 15.1 Å². The predicted octanol–water partition coefficient (Wildman–Crippen LogP) is 1.44. The minimum atomic E-state index is -0.865. The van der Waals surface area contributed by atoms with Gasteiger partial charge in [-0.25, -0.2) is 0 Å². The van der Waals surface area contributed by atoms with Crippen LogP contribution in [0.25, 0.3) is 0 Å². The highest BCUT2D eigenvalue weighted by atomic mass is 16.5. The second-order valence-corrected chi connectivity index (χ2v) is 8.08.